The number of hydrogen-bond acceptors (Lipinski definition) is 8. The molecular formula is C32H42N2O6S. The fraction of sp³-hybridized carbons (Fsp3) is 0.406. The number of hydrogen-bond donors (Lipinski definition) is 2. The third-order valence-electron chi connectivity index (χ3n) is 6.86. The van der Waals surface area contributed by atoms with Gasteiger partial charge in [-0.2, -0.15) is 0 Å². The maximum Gasteiger partial charge on any atom is 0.279 e. The molecule has 8 nitrogen and oxygen atoms in total. The van der Waals surface area contributed by atoms with Gasteiger partial charge < -0.3 is 18.9 Å². The maximum atomic E-state index is 12.5. The monoisotopic (exact) mass is 582 g/mol. The van der Waals surface area contributed by atoms with Gasteiger partial charge in [-0.3, -0.25) is 10.0 Å². The largest absolute Gasteiger partial charge is 0.496 e. The molecule has 0 spiro atoms. The average molecular weight is 583 g/mol. The van der Waals surface area contributed by atoms with Crippen molar-refractivity contribution in [3.05, 3.63) is 77.6 Å². The van der Waals surface area contributed by atoms with Crippen molar-refractivity contribution in [1.29, 1.82) is 0 Å². The summed E-state index contributed by atoms with van der Waals surface area (Å²) in [6.07, 6.45) is 8.60. The number of benzene rings is 2. The summed E-state index contributed by atoms with van der Waals surface area (Å²) in [5, 5.41) is 9.31. The second-order valence-corrected chi connectivity index (χ2v) is 11.1. The number of hydroxylamine groups is 1. The van der Waals surface area contributed by atoms with Crippen molar-refractivity contribution in [3.8, 4) is 17.2 Å². The predicted molar refractivity (Wildman–Crippen MR) is 164 cm³/mol. The number of carbonyl (C=O) groups excluding carboxylic acids is 1. The van der Waals surface area contributed by atoms with E-state index in [2.05, 4.69) is 49.9 Å². The first-order chi connectivity index (χ1) is 19.8. The molecule has 0 aliphatic carbocycles. The van der Waals surface area contributed by atoms with Crippen molar-refractivity contribution < 1.29 is 28.9 Å². The molecule has 9 heteroatoms. The number of allylic oxidation sites excluding steroid dienone is 4. The Balaban J connectivity index is 1.66. The van der Waals surface area contributed by atoms with Crippen LogP contribution in [0.5, 0.6) is 17.2 Å². The number of piperidine rings is 1. The van der Waals surface area contributed by atoms with E-state index >= 15 is 0 Å². The van der Waals surface area contributed by atoms with Crippen LogP contribution in [0.2, 0.25) is 0 Å². The highest BCUT2D eigenvalue weighted by molar-refractivity contribution is 7.97. The SMILES string of the molecule is C=C(/C=C\C(=C/CC)OC1CCN(Sc2ccc(OC)c(OC)c2C(=O)NO)CC1)c1cc(C(C)C)ccc1OC. The third kappa shape index (κ3) is 8.31. The minimum Gasteiger partial charge on any atom is -0.496 e. The zero-order chi connectivity index (χ0) is 29.9. The number of ether oxygens (including phenoxy) is 4. The molecule has 1 aliphatic rings. The third-order valence-corrected chi connectivity index (χ3v) is 8.02. The molecule has 0 unspecified atom stereocenters. The molecule has 0 aromatic heterocycles. The minimum atomic E-state index is -0.655. The van der Waals surface area contributed by atoms with Crippen molar-refractivity contribution in [2.24, 2.45) is 0 Å². The van der Waals surface area contributed by atoms with Gasteiger partial charge in [0.1, 0.15) is 23.2 Å². The van der Waals surface area contributed by atoms with Crippen molar-refractivity contribution in [2.45, 2.75) is 57.0 Å². The van der Waals surface area contributed by atoms with E-state index in [0.29, 0.717) is 16.6 Å². The molecule has 2 aromatic carbocycles. The molecule has 3 rings (SSSR count). The first-order valence-corrected chi connectivity index (χ1v) is 14.6. The molecule has 1 amide bonds. The summed E-state index contributed by atoms with van der Waals surface area (Å²) < 4.78 is 24.9. The Hall–Kier alpha value is -3.40. The van der Waals surface area contributed by atoms with Crippen molar-refractivity contribution in [2.75, 3.05) is 34.4 Å². The molecule has 1 aliphatic heterocycles. The van der Waals surface area contributed by atoms with Gasteiger partial charge >= 0.3 is 0 Å². The molecule has 1 saturated heterocycles. The highest BCUT2D eigenvalue weighted by atomic mass is 32.2. The zero-order valence-electron chi connectivity index (χ0n) is 24.9. The van der Waals surface area contributed by atoms with Crippen LogP contribution in [-0.4, -0.2) is 55.9 Å². The van der Waals surface area contributed by atoms with Gasteiger partial charge in [-0.1, -0.05) is 39.5 Å². The first-order valence-electron chi connectivity index (χ1n) is 13.8. The molecule has 0 atom stereocenters. The van der Waals surface area contributed by atoms with Gasteiger partial charge in [0.15, 0.2) is 11.5 Å². The summed E-state index contributed by atoms with van der Waals surface area (Å²) >= 11 is 1.45. The number of amides is 1. The molecule has 41 heavy (non-hydrogen) atoms. The Labute approximate surface area is 248 Å². The van der Waals surface area contributed by atoms with Crippen LogP contribution in [0.15, 0.2) is 65.8 Å². The fourth-order valence-electron chi connectivity index (χ4n) is 4.59. The van der Waals surface area contributed by atoms with Crippen molar-refractivity contribution >= 4 is 23.4 Å². The molecule has 0 bridgehead atoms. The molecule has 222 valence electrons. The van der Waals surface area contributed by atoms with Gasteiger partial charge in [-0.25, -0.2) is 9.79 Å². The fourth-order valence-corrected chi connectivity index (χ4v) is 5.67. The molecule has 2 aromatic rings. The second-order valence-electron chi connectivity index (χ2n) is 9.94. The van der Waals surface area contributed by atoms with Crippen molar-refractivity contribution in [3.63, 3.8) is 0 Å². The lowest BCUT2D eigenvalue weighted by Crippen LogP contribution is -2.33. The summed E-state index contributed by atoms with van der Waals surface area (Å²) in [4.78, 5) is 13.1. The number of rotatable bonds is 13. The summed E-state index contributed by atoms with van der Waals surface area (Å²) in [5.74, 6) is 2.06. The van der Waals surface area contributed by atoms with E-state index in [-0.39, 0.29) is 17.4 Å². The van der Waals surface area contributed by atoms with Crippen LogP contribution in [0.1, 0.15) is 67.4 Å². The number of methoxy groups -OCH3 is 3. The standard InChI is InChI=1S/C32H42N2O6S/c1-8-9-24(12-10-22(4)26-20-23(21(2)3)11-13-27(26)37-5)40-25-16-18-34(19-17-25)41-29-15-14-28(38-6)31(39-7)30(29)32(35)33-36/h9-15,20-21,25,36H,4,8,16-19H2,1-3,5-7H3,(H,33,35)/b12-10-,24-9+. The summed E-state index contributed by atoms with van der Waals surface area (Å²) in [7, 11) is 4.64. The molecular weight excluding hydrogens is 540 g/mol. The van der Waals surface area contributed by atoms with Gasteiger partial charge in [0.05, 0.1) is 21.3 Å². The molecule has 1 heterocycles. The Kier molecular flexibility index (Phi) is 12.2. The van der Waals surface area contributed by atoms with Crippen LogP contribution >= 0.6 is 11.9 Å². The second kappa shape index (κ2) is 15.6. The van der Waals surface area contributed by atoms with Gasteiger partial charge in [0, 0.05) is 23.5 Å². The van der Waals surface area contributed by atoms with E-state index in [1.165, 1.54) is 31.7 Å². The van der Waals surface area contributed by atoms with Gasteiger partial charge in [0.2, 0.25) is 0 Å². The highest BCUT2D eigenvalue weighted by Gasteiger charge is 2.26. The summed E-state index contributed by atoms with van der Waals surface area (Å²) in [5.41, 5.74) is 5.01. The smallest absolute Gasteiger partial charge is 0.279 e. The van der Waals surface area contributed by atoms with Crippen LogP contribution in [0.4, 0.5) is 0 Å². The van der Waals surface area contributed by atoms with Crippen LogP contribution in [0, 0.1) is 0 Å². The van der Waals surface area contributed by atoms with E-state index in [1.807, 2.05) is 18.2 Å². The van der Waals surface area contributed by atoms with Crippen molar-refractivity contribution in [1.82, 2.24) is 9.79 Å². The Bertz CT molecular complexity index is 1270. The number of nitrogens with zero attached hydrogens (tertiary/aromatic N) is 1. The Morgan fingerprint density at radius 2 is 1.78 bits per heavy atom. The van der Waals surface area contributed by atoms with Crippen LogP contribution in [-0.2, 0) is 4.74 Å². The van der Waals surface area contributed by atoms with Gasteiger partial charge in [-0.15, -0.1) is 0 Å². The van der Waals surface area contributed by atoms with Gasteiger partial charge in [-0.05, 0) is 84.7 Å². The molecule has 1 fully saturated rings. The summed E-state index contributed by atoms with van der Waals surface area (Å²) in [6.45, 7) is 12.2. The van der Waals surface area contributed by atoms with Gasteiger partial charge in [0.25, 0.3) is 5.91 Å². The van der Waals surface area contributed by atoms with E-state index in [1.54, 1.807) is 24.7 Å². The quantitative estimate of drug-likeness (QED) is 0.0858. The van der Waals surface area contributed by atoms with E-state index < -0.39 is 5.91 Å². The lowest BCUT2D eigenvalue weighted by molar-refractivity contribution is 0.0697. The van der Waals surface area contributed by atoms with Crippen LogP contribution < -0.4 is 19.7 Å². The Morgan fingerprint density at radius 3 is 2.37 bits per heavy atom. The van der Waals surface area contributed by atoms with E-state index in [9.17, 15) is 10.0 Å². The Morgan fingerprint density at radius 1 is 1.10 bits per heavy atom. The average Bonchev–Trinajstić information content (AvgIpc) is 2.99. The minimum absolute atomic E-state index is 0.0620. The highest BCUT2D eigenvalue weighted by Crippen LogP contribution is 2.40. The lowest BCUT2D eigenvalue weighted by atomic mass is 9.97. The molecule has 0 radical (unpaired) electrons. The van der Waals surface area contributed by atoms with E-state index in [4.69, 9.17) is 18.9 Å². The molecule has 2 N–H and O–H groups in total. The predicted octanol–water partition coefficient (Wildman–Crippen LogP) is 7.01. The zero-order valence-corrected chi connectivity index (χ0v) is 25.7. The maximum absolute atomic E-state index is 12.5. The topological polar surface area (TPSA) is 89.5 Å². The molecule has 0 saturated carbocycles. The number of carbonyl (C=O) groups is 1. The number of nitrogens with one attached hydrogen (secondary N) is 1. The van der Waals surface area contributed by atoms with Crippen LogP contribution in [0.3, 0.4) is 0 Å². The van der Waals surface area contributed by atoms with Crippen LogP contribution in [0.25, 0.3) is 5.57 Å². The first kappa shape index (κ1) is 32.1. The van der Waals surface area contributed by atoms with E-state index in [0.717, 1.165) is 55.0 Å². The normalized spacial score (nSPS) is 14.8. The summed E-state index contributed by atoms with van der Waals surface area (Å²) in [6, 6.07) is 9.78. The lowest BCUT2D eigenvalue weighted by Gasteiger charge is -2.32.